The van der Waals surface area contributed by atoms with Crippen molar-refractivity contribution in [1.29, 1.82) is 0 Å². The Kier molecular flexibility index (Phi) is 33.4. The van der Waals surface area contributed by atoms with E-state index in [0.29, 0.717) is 12.8 Å². The quantitative estimate of drug-likeness (QED) is 0.0250. The minimum atomic E-state index is -1.78. The standard InChI is InChI=1S/C49H91NO13/c1-3-5-7-9-11-13-15-17-19-20-22-24-26-28-30-32-38(53)37(50-41(54)33-31-29-27-25-23-21-18-16-14-12-10-8-6-4-2)36-60-48-46(59)44(57)47(40(35-52)62-48)63-49-45(58)43(56)42(55)39(34-51)61-49/h10,12,16,18,37-40,42-49,51-53,55-59H,3-9,11,13-15,17,19-36H2,1-2H3,(H,50,54)/b12-10-,18-16-. The van der Waals surface area contributed by atoms with Crippen LogP contribution in [0.5, 0.6) is 0 Å². The number of carbonyl (C=O) groups is 1. The molecule has 2 saturated heterocycles. The zero-order valence-corrected chi connectivity index (χ0v) is 39.1. The number of carbonyl (C=O) groups excluding carboxylic acids is 1. The first-order valence-electron chi connectivity index (χ1n) is 25.1. The van der Waals surface area contributed by atoms with Gasteiger partial charge in [-0.25, -0.2) is 0 Å². The molecule has 0 aromatic heterocycles. The third-order valence-electron chi connectivity index (χ3n) is 12.4. The number of amides is 1. The largest absolute Gasteiger partial charge is 0.394 e. The predicted molar refractivity (Wildman–Crippen MR) is 245 cm³/mol. The molecular weight excluding hydrogens is 811 g/mol. The van der Waals surface area contributed by atoms with Gasteiger partial charge in [0.1, 0.15) is 48.8 Å². The maximum absolute atomic E-state index is 13.2. The van der Waals surface area contributed by atoms with Gasteiger partial charge < -0.3 is 65.1 Å². The van der Waals surface area contributed by atoms with Crippen LogP contribution in [0.4, 0.5) is 0 Å². The number of allylic oxidation sites excluding steroid dienone is 4. The van der Waals surface area contributed by atoms with E-state index in [1.54, 1.807) is 0 Å². The van der Waals surface area contributed by atoms with Gasteiger partial charge in [-0.15, -0.1) is 0 Å². The van der Waals surface area contributed by atoms with E-state index in [2.05, 4.69) is 43.5 Å². The molecule has 1 amide bonds. The fourth-order valence-electron chi connectivity index (χ4n) is 8.25. The average Bonchev–Trinajstić information content (AvgIpc) is 3.28. The lowest BCUT2D eigenvalue weighted by Gasteiger charge is -2.46. The minimum Gasteiger partial charge on any atom is -0.394 e. The van der Waals surface area contributed by atoms with Gasteiger partial charge in [-0.2, -0.15) is 0 Å². The average molecular weight is 902 g/mol. The lowest BCUT2D eigenvalue weighted by atomic mass is 9.97. The Balaban J connectivity index is 1.85. The van der Waals surface area contributed by atoms with E-state index in [1.165, 1.54) is 83.5 Å². The van der Waals surface area contributed by atoms with E-state index >= 15 is 0 Å². The third kappa shape index (κ3) is 24.2. The highest BCUT2D eigenvalue weighted by atomic mass is 16.7. The fourth-order valence-corrected chi connectivity index (χ4v) is 8.25. The normalized spacial score (nSPS) is 27.7. The van der Waals surface area contributed by atoms with Crippen molar-refractivity contribution in [3.8, 4) is 0 Å². The lowest BCUT2D eigenvalue weighted by molar-refractivity contribution is -0.359. The fraction of sp³-hybridized carbons (Fsp3) is 0.898. The monoisotopic (exact) mass is 902 g/mol. The molecule has 0 spiro atoms. The molecule has 14 nitrogen and oxygen atoms in total. The van der Waals surface area contributed by atoms with Crippen molar-refractivity contribution in [2.45, 2.75) is 261 Å². The Labute approximate surface area is 379 Å². The number of hydrogen-bond donors (Lipinski definition) is 9. The summed E-state index contributed by atoms with van der Waals surface area (Å²) in [5.41, 5.74) is 0. The summed E-state index contributed by atoms with van der Waals surface area (Å²) in [4.78, 5) is 13.2. The Morgan fingerprint density at radius 2 is 1.06 bits per heavy atom. The molecule has 2 rings (SSSR count). The SMILES string of the molecule is CCCC/C=C\C/C=C\CCCCCCCC(=O)NC(COC1OC(CO)C(OC2OC(CO)C(O)C(O)C2O)C(O)C1O)C(O)CCCCCCCCCCCCCCCCC. The van der Waals surface area contributed by atoms with Crippen LogP contribution in [0.2, 0.25) is 0 Å². The molecule has 0 bridgehead atoms. The first-order chi connectivity index (χ1) is 30.6. The number of aliphatic hydroxyl groups is 8. The molecule has 14 heteroatoms. The molecule has 2 fully saturated rings. The molecule has 0 aromatic carbocycles. The molecule has 12 unspecified atom stereocenters. The number of ether oxygens (including phenoxy) is 4. The first-order valence-corrected chi connectivity index (χ1v) is 25.1. The number of unbranched alkanes of at least 4 members (excludes halogenated alkanes) is 21. The Bertz CT molecular complexity index is 1160. The van der Waals surface area contributed by atoms with E-state index in [4.69, 9.17) is 18.9 Å². The van der Waals surface area contributed by atoms with Crippen LogP contribution in [0.25, 0.3) is 0 Å². The molecule has 2 heterocycles. The van der Waals surface area contributed by atoms with Crippen molar-refractivity contribution in [3.05, 3.63) is 24.3 Å². The molecule has 370 valence electrons. The molecule has 0 radical (unpaired) electrons. The molecule has 9 N–H and O–H groups in total. The van der Waals surface area contributed by atoms with Crippen LogP contribution < -0.4 is 5.32 Å². The van der Waals surface area contributed by atoms with E-state index in [1.807, 2.05) is 0 Å². The van der Waals surface area contributed by atoms with Crippen molar-refractivity contribution in [2.75, 3.05) is 19.8 Å². The number of aliphatic hydroxyl groups excluding tert-OH is 8. The van der Waals surface area contributed by atoms with Crippen molar-refractivity contribution in [2.24, 2.45) is 0 Å². The Hall–Kier alpha value is -1.53. The van der Waals surface area contributed by atoms with Gasteiger partial charge in [-0.1, -0.05) is 167 Å². The van der Waals surface area contributed by atoms with E-state index in [9.17, 15) is 45.6 Å². The summed E-state index contributed by atoms with van der Waals surface area (Å²) in [5.74, 6) is -0.222. The second kappa shape index (κ2) is 36.6. The van der Waals surface area contributed by atoms with E-state index in [0.717, 1.165) is 70.6 Å². The molecule has 12 atom stereocenters. The molecule has 0 saturated carbocycles. The number of rotatable bonds is 38. The molecule has 0 aromatic rings. The maximum atomic E-state index is 13.2. The summed E-state index contributed by atoms with van der Waals surface area (Å²) in [5, 5.41) is 86.8. The molecule has 0 aliphatic carbocycles. The van der Waals surface area contributed by atoms with Gasteiger partial charge in [0.25, 0.3) is 0 Å². The van der Waals surface area contributed by atoms with Gasteiger partial charge in [0.15, 0.2) is 12.6 Å². The molecular formula is C49H91NO13. The number of hydrogen-bond acceptors (Lipinski definition) is 13. The van der Waals surface area contributed by atoms with Gasteiger partial charge in [0, 0.05) is 6.42 Å². The maximum Gasteiger partial charge on any atom is 0.220 e. The predicted octanol–water partition coefficient (Wildman–Crippen LogP) is 6.16. The highest BCUT2D eigenvalue weighted by Gasteiger charge is 2.51. The minimum absolute atomic E-state index is 0.222. The van der Waals surface area contributed by atoms with Crippen molar-refractivity contribution in [3.63, 3.8) is 0 Å². The zero-order chi connectivity index (χ0) is 46.1. The summed E-state index contributed by atoms with van der Waals surface area (Å²) in [7, 11) is 0. The second-order valence-electron chi connectivity index (χ2n) is 17.9. The van der Waals surface area contributed by atoms with Crippen molar-refractivity contribution < 1.29 is 64.6 Å². The van der Waals surface area contributed by atoms with Crippen LogP contribution in [0.1, 0.15) is 187 Å². The summed E-state index contributed by atoms with van der Waals surface area (Å²) < 4.78 is 22.7. The molecule has 63 heavy (non-hydrogen) atoms. The smallest absolute Gasteiger partial charge is 0.220 e. The van der Waals surface area contributed by atoms with Crippen molar-refractivity contribution >= 4 is 5.91 Å². The third-order valence-corrected chi connectivity index (χ3v) is 12.4. The van der Waals surface area contributed by atoms with Gasteiger partial charge >= 0.3 is 0 Å². The van der Waals surface area contributed by atoms with E-state index in [-0.39, 0.29) is 18.9 Å². The van der Waals surface area contributed by atoms with E-state index < -0.39 is 86.8 Å². The van der Waals surface area contributed by atoms with Crippen LogP contribution in [-0.4, -0.2) is 140 Å². The van der Waals surface area contributed by atoms with Gasteiger partial charge in [-0.3, -0.25) is 4.79 Å². The first kappa shape index (κ1) is 57.6. The van der Waals surface area contributed by atoms with Gasteiger partial charge in [0.2, 0.25) is 5.91 Å². The second-order valence-corrected chi connectivity index (χ2v) is 17.9. The highest BCUT2D eigenvalue weighted by molar-refractivity contribution is 5.76. The van der Waals surface area contributed by atoms with Crippen LogP contribution in [-0.2, 0) is 23.7 Å². The summed E-state index contributed by atoms with van der Waals surface area (Å²) in [6, 6.07) is -0.832. The summed E-state index contributed by atoms with van der Waals surface area (Å²) >= 11 is 0. The Morgan fingerprint density at radius 3 is 1.63 bits per heavy atom. The highest BCUT2D eigenvalue weighted by Crippen LogP contribution is 2.30. The van der Waals surface area contributed by atoms with Crippen molar-refractivity contribution in [1.82, 2.24) is 5.32 Å². The molecule has 2 aliphatic rings. The summed E-state index contributed by atoms with van der Waals surface area (Å²) in [6.07, 6.45) is 21.7. The van der Waals surface area contributed by atoms with Crippen LogP contribution in [0, 0.1) is 0 Å². The van der Waals surface area contributed by atoms with Gasteiger partial charge in [0.05, 0.1) is 32.0 Å². The Morgan fingerprint density at radius 1 is 0.571 bits per heavy atom. The molecule has 2 aliphatic heterocycles. The van der Waals surface area contributed by atoms with Gasteiger partial charge in [-0.05, 0) is 38.5 Å². The van der Waals surface area contributed by atoms with Crippen LogP contribution >= 0.6 is 0 Å². The van der Waals surface area contributed by atoms with Crippen LogP contribution in [0.3, 0.4) is 0 Å². The summed E-state index contributed by atoms with van der Waals surface area (Å²) in [6.45, 7) is 2.79. The zero-order valence-electron chi connectivity index (χ0n) is 39.1. The lowest BCUT2D eigenvalue weighted by Crippen LogP contribution is -2.65. The number of nitrogens with one attached hydrogen (secondary N) is 1. The van der Waals surface area contributed by atoms with Crippen LogP contribution in [0.15, 0.2) is 24.3 Å². The topological polar surface area (TPSA) is 228 Å².